The van der Waals surface area contributed by atoms with Crippen LogP contribution in [0.5, 0.6) is 0 Å². The van der Waals surface area contributed by atoms with Crippen molar-refractivity contribution >= 4 is 11.3 Å². The van der Waals surface area contributed by atoms with Crippen LogP contribution in [0, 0.1) is 19.7 Å². The molecule has 1 unspecified atom stereocenters. The summed E-state index contributed by atoms with van der Waals surface area (Å²) in [5.41, 5.74) is 2.17. The van der Waals surface area contributed by atoms with Crippen LogP contribution in [0.2, 0.25) is 0 Å². The largest absolute Gasteiger partial charge is 0.312 e. The Morgan fingerprint density at radius 1 is 1.39 bits per heavy atom. The van der Waals surface area contributed by atoms with Gasteiger partial charge in [0, 0.05) is 17.1 Å². The van der Waals surface area contributed by atoms with Gasteiger partial charge in [-0.3, -0.25) is 0 Å². The average molecular weight is 264 g/mol. The Hall–Kier alpha value is -1.26. The summed E-state index contributed by atoms with van der Waals surface area (Å²) in [4.78, 5) is 5.50. The van der Waals surface area contributed by atoms with Gasteiger partial charge in [-0.15, -0.1) is 11.3 Å². The van der Waals surface area contributed by atoms with E-state index in [0.29, 0.717) is 0 Å². The van der Waals surface area contributed by atoms with E-state index in [-0.39, 0.29) is 11.9 Å². The molecule has 1 aromatic carbocycles. The zero-order chi connectivity index (χ0) is 13.1. The van der Waals surface area contributed by atoms with Crippen molar-refractivity contribution in [2.45, 2.75) is 26.3 Å². The van der Waals surface area contributed by atoms with E-state index in [2.05, 4.69) is 10.3 Å². The third-order valence-electron chi connectivity index (χ3n) is 3.06. The quantitative estimate of drug-likeness (QED) is 0.915. The van der Waals surface area contributed by atoms with E-state index in [1.807, 2.05) is 33.2 Å². The number of halogens is 1. The second-order valence-corrected chi connectivity index (χ2v) is 5.66. The lowest BCUT2D eigenvalue weighted by Crippen LogP contribution is -2.18. The van der Waals surface area contributed by atoms with Crippen LogP contribution in [0.1, 0.15) is 27.1 Å². The van der Waals surface area contributed by atoms with Gasteiger partial charge in [-0.05, 0) is 50.6 Å². The Kier molecular flexibility index (Phi) is 4.09. The number of aromatic nitrogens is 1. The van der Waals surface area contributed by atoms with Crippen molar-refractivity contribution in [2.24, 2.45) is 0 Å². The number of aryl methyl sites for hydroxylation is 2. The van der Waals surface area contributed by atoms with Crippen LogP contribution in [-0.4, -0.2) is 12.0 Å². The number of nitrogens with one attached hydrogen (secondary N) is 1. The summed E-state index contributed by atoms with van der Waals surface area (Å²) in [5.74, 6) is -0.175. The summed E-state index contributed by atoms with van der Waals surface area (Å²) in [6.45, 7) is 3.95. The molecule has 0 saturated carbocycles. The van der Waals surface area contributed by atoms with E-state index in [1.165, 1.54) is 16.5 Å². The Labute approximate surface area is 111 Å². The van der Waals surface area contributed by atoms with E-state index >= 15 is 0 Å². The molecule has 0 saturated heterocycles. The fraction of sp³-hybridized carbons (Fsp3) is 0.357. The summed E-state index contributed by atoms with van der Waals surface area (Å²) in [6, 6.07) is 5.20. The minimum Gasteiger partial charge on any atom is -0.312 e. The number of rotatable bonds is 4. The van der Waals surface area contributed by atoms with Gasteiger partial charge >= 0.3 is 0 Å². The molecule has 2 rings (SSSR count). The lowest BCUT2D eigenvalue weighted by atomic mass is 10.0. The van der Waals surface area contributed by atoms with Crippen LogP contribution in [0.15, 0.2) is 24.4 Å². The number of likely N-dealkylation sites (N-methyl/N-ethyl adjacent to an activating group) is 1. The first-order chi connectivity index (χ1) is 8.60. The normalized spacial score (nSPS) is 12.7. The van der Waals surface area contributed by atoms with Gasteiger partial charge in [-0.2, -0.15) is 0 Å². The molecule has 1 N–H and O–H groups in total. The second-order valence-electron chi connectivity index (χ2n) is 4.40. The number of hydrogen-bond acceptors (Lipinski definition) is 3. The molecule has 0 spiro atoms. The van der Waals surface area contributed by atoms with E-state index in [9.17, 15) is 4.39 Å². The van der Waals surface area contributed by atoms with E-state index in [1.54, 1.807) is 17.4 Å². The Bertz CT molecular complexity index is 536. The second kappa shape index (κ2) is 5.59. The topological polar surface area (TPSA) is 24.9 Å². The minimum absolute atomic E-state index is 0.175. The number of thiazole rings is 1. The predicted octanol–water partition coefficient (Wildman–Crippen LogP) is 3.40. The molecule has 0 fully saturated rings. The van der Waals surface area contributed by atoms with Gasteiger partial charge in [0.1, 0.15) is 5.82 Å². The smallest absolute Gasteiger partial charge is 0.123 e. The molecule has 1 heterocycles. The van der Waals surface area contributed by atoms with Crippen molar-refractivity contribution in [1.82, 2.24) is 10.3 Å². The SMILES string of the molecule is CNC(Cc1ccc(F)cc1C)c1cnc(C)s1. The summed E-state index contributed by atoms with van der Waals surface area (Å²) in [7, 11) is 1.94. The first-order valence-corrected chi connectivity index (χ1v) is 6.76. The predicted molar refractivity (Wildman–Crippen MR) is 73.5 cm³/mol. The molecule has 1 aromatic heterocycles. The first-order valence-electron chi connectivity index (χ1n) is 5.94. The van der Waals surface area contributed by atoms with Gasteiger partial charge in [0.25, 0.3) is 0 Å². The summed E-state index contributed by atoms with van der Waals surface area (Å²) in [6.07, 6.45) is 2.77. The van der Waals surface area contributed by atoms with Crippen molar-refractivity contribution in [1.29, 1.82) is 0 Å². The van der Waals surface area contributed by atoms with Gasteiger partial charge in [0.05, 0.1) is 5.01 Å². The fourth-order valence-electron chi connectivity index (χ4n) is 1.99. The molecular formula is C14H17FN2S. The highest BCUT2D eigenvalue weighted by Crippen LogP contribution is 2.25. The van der Waals surface area contributed by atoms with Gasteiger partial charge in [0.15, 0.2) is 0 Å². The zero-order valence-electron chi connectivity index (χ0n) is 10.8. The van der Waals surface area contributed by atoms with Crippen molar-refractivity contribution in [3.8, 4) is 0 Å². The molecule has 0 radical (unpaired) electrons. The highest BCUT2D eigenvalue weighted by molar-refractivity contribution is 7.11. The van der Waals surface area contributed by atoms with Gasteiger partial charge < -0.3 is 5.32 Å². The number of hydrogen-bond donors (Lipinski definition) is 1. The third kappa shape index (κ3) is 2.94. The molecule has 0 bridgehead atoms. The monoisotopic (exact) mass is 264 g/mol. The standard InChI is InChI=1S/C14H17FN2S/c1-9-6-12(15)5-4-11(9)7-13(16-3)14-8-17-10(2)18-14/h4-6,8,13,16H,7H2,1-3H3. The van der Waals surface area contributed by atoms with Crippen molar-refractivity contribution < 1.29 is 4.39 Å². The van der Waals surface area contributed by atoms with Crippen molar-refractivity contribution in [3.05, 3.63) is 51.2 Å². The molecule has 0 aliphatic heterocycles. The molecule has 2 aromatic rings. The molecule has 0 aliphatic carbocycles. The Morgan fingerprint density at radius 3 is 2.72 bits per heavy atom. The first kappa shape index (κ1) is 13.2. The van der Waals surface area contributed by atoms with E-state index in [4.69, 9.17) is 0 Å². The van der Waals surface area contributed by atoms with Crippen LogP contribution in [-0.2, 0) is 6.42 Å². The van der Waals surface area contributed by atoms with Crippen molar-refractivity contribution in [3.63, 3.8) is 0 Å². The van der Waals surface area contributed by atoms with Gasteiger partial charge in [-0.25, -0.2) is 9.37 Å². The fourth-order valence-corrected chi connectivity index (χ4v) is 2.89. The number of nitrogens with zero attached hydrogens (tertiary/aromatic N) is 1. The van der Waals surface area contributed by atoms with E-state index in [0.717, 1.165) is 17.0 Å². The molecule has 0 amide bonds. The van der Waals surface area contributed by atoms with Crippen LogP contribution in [0.4, 0.5) is 4.39 Å². The Morgan fingerprint density at radius 2 is 2.17 bits per heavy atom. The molecule has 0 aliphatic rings. The summed E-state index contributed by atoms with van der Waals surface area (Å²) < 4.78 is 13.1. The minimum atomic E-state index is -0.175. The molecular weight excluding hydrogens is 247 g/mol. The van der Waals surface area contributed by atoms with Crippen LogP contribution in [0.25, 0.3) is 0 Å². The molecule has 1 atom stereocenters. The van der Waals surface area contributed by atoms with Crippen LogP contribution in [0.3, 0.4) is 0 Å². The molecule has 4 heteroatoms. The van der Waals surface area contributed by atoms with Gasteiger partial charge in [0.2, 0.25) is 0 Å². The maximum atomic E-state index is 13.1. The highest BCUT2D eigenvalue weighted by atomic mass is 32.1. The van der Waals surface area contributed by atoms with E-state index < -0.39 is 0 Å². The highest BCUT2D eigenvalue weighted by Gasteiger charge is 2.14. The Balaban J connectivity index is 2.20. The number of benzene rings is 1. The maximum Gasteiger partial charge on any atom is 0.123 e. The lowest BCUT2D eigenvalue weighted by Gasteiger charge is -2.15. The lowest BCUT2D eigenvalue weighted by molar-refractivity contribution is 0.594. The summed E-state index contributed by atoms with van der Waals surface area (Å²) in [5, 5.41) is 4.37. The molecule has 2 nitrogen and oxygen atoms in total. The third-order valence-corrected chi connectivity index (χ3v) is 4.09. The van der Waals surface area contributed by atoms with Gasteiger partial charge in [-0.1, -0.05) is 6.07 Å². The van der Waals surface area contributed by atoms with Crippen LogP contribution < -0.4 is 5.32 Å². The zero-order valence-corrected chi connectivity index (χ0v) is 11.6. The van der Waals surface area contributed by atoms with Crippen molar-refractivity contribution in [2.75, 3.05) is 7.05 Å². The van der Waals surface area contributed by atoms with Crippen LogP contribution >= 0.6 is 11.3 Å². The molecule has 18 heavy (non-hydrogen) atoms. The molecule has 96 valence electrons. The average Bonchev–Trinajstić information content (AvgIpc) is 2.75. The summed E-state index contributed by atoms with van der Waals surface area (Å²) >= 11 is 1.70. The maximum absolute atomic E-state index is 13.1.